The minimum absolute atomic E-state index is 0.00788. The van der Waals surface area contributed by atoms with Crippen molar-refractivity contribution in [1.29, 1.82) is 5.26 Å². The average Bonchev–Trinajstić information content (AvgIpc) is 3.07. The Labute approximate surface area is 183 Å². The summed E-state index contributed by atoms with van der Waals surface area (Å²) >= 11 is 0. The van der Waals surface area contributed by atoms with Gasteiger partial charge < -0.3 is 19.1 Å². The van der Waals surface area contributed by atoms with Crippen LogP contribution in [-0.2, 0) is 4.79 Å². The Morgan fingerprint density at radius 3 is 2.61 bits per heavy atom. The largest absolute Gasteiger partial charge is 0.497 e. The third kappa shape index (κ3) is 5.79. The Balaban J connectivity index is 1.77. The van der Waals surface area contributed by atoms with Gasteiger partial charge in [-0.25, -0.2) is 0 Å². The van der Waals surface area contributed by atoms with E-state index in [1.807, 2.05) is 41.3 Å². The van der Waals surface area contributed by atoms with Crippen LogP contribution in [0.5, 0.6) is 17.2 Å². The van der Waals surface area contributed by atoms with Crippen molar-refractivity contribution in [3.8, 4) is 23.3 Å². The zero-order chi connectivity index (χ0) is 22.1. The molecule has 0 bridgehead atoms. The Bertz CT molecular complexity index is 947. The number of nitriles is 1. The van der Waals surface area contributed by atoms with Gasteiger partial charge in [0.2, 0.25) is 5.91 Å². The number of amides is 1. The van der Waals surface area contributed by atoms with Gasteiger partial charge in [-0.1, -0.05) is 31.0 Å². The van der Waals surface area contributed by atoms with Crippen LogP contribution < -0.4 is 14.2 Å². The number of rotatable bonds is 7. The molecule has 6 heteroatoms. The summed E-state index contributed by atoms with van der Waals surface area (Å²) in [6.07, 6.45) is 7.59. The molecule has 0 N–H and O–H groups in total. The number of carbonyl (C=O) groups excluding carboxylic acids is 1. The summed E-state index contributed by atoms with van der Waals surface area (Å²) in [6, 6.07) is 15.3. The van der Waals surface area contributed by atoms with Crippen molar-refractivity contribution >= 4 is 12.0 Å². The first kappa shape index (κ1) is 22.2. The number of carbonyl (C=O) groups is 1. The van der Waals surface area contributed by atoms with E-state index in [4.69, 9.17) is 19.5 Å². The highest BCUT2D eigenvalue weighted by molar-refractivity contribution is 5.92. The highest BCUT2D eigenvalue weighted by atomic mass is 16.5. The van der Waals surface area contributed by atoms with Gasteiger partial charge in [-0.3, -0.25) is 4.79 Å². The molecular formula is C25H28N2O4. The van der Waals surface area contributed by atoms with E-state index in [0.29, 0.717) is 11.5 Å². The maximum atomic E-state index is 13.1. The molecule has 1 fully saturated rings. The Kier molecular flexibility index (Phi) is 7.94. The van der Waals surface area contributed by atoms with Gasteiger partial charge in [0.05, 0.1) is 20.3 Å². The van der Waals surface area contributed by atoms with Crippen LogP contribution in [0.25, 0.3) is 6.08 Å². The van der Waals surface area contributed by atoms with E-state index >= 15 is 0 Å². The topological polar surface area (TPSA) is 71.8 Å². The highest BCUT2D eigenvalue weighted by Crippen LogP contribution is 2.32. The summed E-state index contributed by atoms with van der Waals surface area (Å²) in [4.78, 5) is 15.1. The predicted octanol–water partition coefficient (Wildman–Crippen LogP) is 4.76. The lowest BCUT2D eigenvalue weighted by molar-refractivity contribution is -0.128. The van der Waals surface area contributed by atoms with E-state index in [1.54, 1.807) is 38.5 Å². The summed E-state index contributed by atoms with van der Waals surface area (Å²) in [5, 5.41) is 8.69. The fourth-order valence-electron chi connectivity index (χ4n) is 3.83. The maximum Gasteiger partial charge on any atom is 0.247 e. The van der Waals surface area contributed by atoms with Gasteiger partial charge in [0.1, 0.15) is 11.8 Å². The van der Waals surface area contributed by atoms with Crippen molar-refractivity contribution in [3.05, 3.63) is 59.7 Å². The Hall–Kier alpha value is -3.46. The summed E-state index contributed by atoms with van der Waals surface area (Å²) in [7, 11) is 3.20. The molecule has 0 spiro atoms. The maximum absolute atomic E-state index is 13.1. The molecule has 1 aliphatic rings. The van der Waals surface area contributed by atoms with Gasteiger partial charge in [0.15, 0.2) is 18.1 Å². The minimum atomic E-state index is -0.0499. The first-order valence-corrected chi connectivity index (χ1v) is 10.5. The van der Waals surface area contributed by atoms with E-state index in [9.17, 15) is 4.79 Å². The van der Waals surface area contributed by atoms with E-state index in [0.717, 1.165) is 49.1 Å². The van der Waals surface area contributed by atoms with Crippen molar-refractivity contribution < 1.29 is 19.0 Å². The summed E-state index contributed by atoms with van der Waals surface area (Å²) in [6.45, 7) is 0.690. The third-order valence-electron chi connectivity index (χ3n) is 5.43. The molecule has 0 radical (unpaired) electrons. The van der Waals surface area contributed by atoms with Gasteiger partial charge in [-0.15, -0.1) is 0 Å². The quantitative estimate of drug-likeness (QED) is 0.604. The molecule has 31 heavy (non-hydrogen) atoms. The van der Waals surface area contributed by atoms with Crippen LogP contribution in [0.15, 0.2) is 48.5 Å². The van der Waals surface area contributed by atoms with Gasteiger partial charge in [0.25, 0.3) is 0 Å². The van der Waals surface area contributed by atoms with E-state index < -0.39 is 0 Å². The van der Waals surface area contributed by atoms with Crippen LogP contribution in [0.1, 0.15) is 42.9 Å². The molecule has 1 aliphatic heterocycles. The summed E-state index contributed by atoms with van der Waals surface area (Å²) < 4.78 is 16.0. The monoisotopic (exact) mass is 420 g/mol. The van der Waals surface area contributed by atoms with Gasteiger partial charge in [0, 0.05) is 12.6 Å². The van der Waals surface area contributed by atoms with Crippen LogP contribution in [0.3, 0.4) is 0 Å². The minimum Gasteiger partial charge on any atom is -0.497 e. The first-order valence-electron chi connectivity index (χ1n) is 10.5. The second-order valence-electron chi connectivity index (χ2n) is 7.36. The van der Waals surface area contributed by atoms with Crippen LogP contribution in [0, 0.1) is 11.3 Å². The molecule has 162 valence electrons. The van der Waals surface area contributed by atoms with Crippen LogP contribution in [0.4, 0.5) is 0 Å². The Morgan fingerprint density at radius 1 is 1.10 bits per heavy atom. The number of nitrogens with zero attached hydrogens (tertiary/aromatic N) is 2. The molecule has 0 unspecified atom stereocenters. The number of hydrogen-bond acceptors (Lipinski definition) is 5. The molecule has 1 saturated heterocycles. The van der Waals surface area contributed by atoms with Crippen molar-refractivity contribution in [2.24, 2.45) is 0 Å². The third-order valence-corrected chi connectivity index (χ3v) is 5.43. The zero-order valence-electron chi connectivity index (χ0n) is 18.0. The molecule has 1 amide bonds. The van der Waals surface area contributed by atoms with Gasteiger partial charge in [-0.2, -0.15) is 5.26 Å². The average molecular weight is 421 g/mol. The SMILES string of the molecule is COc1ccc([C@H]2CCCCCN2C(=O)/C=C/c2ccc(OCC#N)c(OC)c2)cc1. The summed E-state index contributed by atoms with van der Waals surface area (Å²) in [5.41, 5.74) is 1.95. The van der Waals surface area contributed by atoms with Gasteiger partial charge >= 0.3 is 0 Å². The second-order valence-corrected chi connectivity index (χ2v) is 7.36. The van der Waals surface area contributed by atoms with Crippen molar-refractivity contribution in [2.45, 2.75) is 31.7 Å². The molecule has 1 heterocycles. The van der Waals surface area contributed by atoms with Gasteiger partial charge in [-0.05, 0) is 54.3 Å². The van der Waals surface area contributed by atoms with Crippen molar-refractivity contribution in [2.75, 3.05) is 27.4 Å². The standard InChI is InChI=1S/C25H28N2O4/c1-29-21-11-9-20(10-12-21)22-6-4-3-5-16-27(22)25(28)14-8-19-7-13-23(31-17-15-26)24(18-19)30-2/h7-14,18,22H,3-6,16-17H2,1-2H3/b14-8+/t22-/m1/s1. The molecule has 6 nitrogen and oxygen atoms in total. The van der Waals surface area contributed by atoms with E-state index in [-0.39, 0.29) is 18.6 Å². The highest BCUT2D eigenvalue weighted by Gasteiger charge is 2.25. The lowest BCUT2D eigenvalue weighted by Gasteiger charge is -2.29. The van der Waals surface area contributed by atoms with E-state index in [1.165, 1.54) is 0 Å². The van der Waals surface area contributed by atoms with E-state index in [2.05, 4.69) is 0 Å². The molecule has 0 aromatic heterocycles. The summed E-state index contributed by atoms with van der Waals surface area (Å²) in [5.74, 6) is 1.83. The molecule has 2 aromatic carbocycles. The Morgan fingerprint density at radius 2 is 1.90 bits per heavy atom. The number of benzene rings is 2. The first-order chi connectivity index (χ1) is 15.2. The molecule has 3 rings (SSSR count). The number of hydrogen-bond donors (Lipinski definition) is 0. The lowest BCUT2D eigenvalue weighted by atomic mass is 10.0. The number of likely N-dealkylation sites (tertiary alicyclic amines) is 1. The second kappa shape index (κ2) is 11.1. The predicted molar refractivity (Wildman–Crippen MR) is 119 cm³/mol. The van der Waals surface area contributed by atoms with Crippen molar-refractivity contribution in [1.82, 2.24) is 4.90 Å². The molecule has 0 aliphatic carbocycles. The molecular weight excluding hydrogens is 392 g/mol. The number of ether oxygens (including phenoxy) is 3. The van der Waals surface area contributed by atoms with Crippen LogP contribution in [0.2, 0.25) is 0 Å². The van der Waals surface area contributed by atoms with Crippen molar-refractivity contribution in [3.63, 3.8) is 0 Å². The fraction of sp³-hybridized carbons (Fsp3) is 0.360. The van der Waals surface area contributed by atoms with Crippen LogP contribution in [-0.4, -0.2) is 38.2 Å². The number of methoxy groups -OCH3 is 2. The lowest BCUT2D eigenvalue weighted by Crippen LogP contribution is -2.33. The molecule has 1 atom stereocenters. The zero-order valence-corrected chi connectivity index (χ0v) is 18.0. The molecule has 0 saturated carbocycles. The normalized spacial score (nSPS) is 16.4. The fourth-order valence-corrected chi connectivity index (χ4v) is 3.83. The van der Waals surface area contributed by atoms with Crippen LogP contribution >= 0.6 is 0 Å². The smallest absolute Gasteiger partial charge is 0.247 e. The molecule has 2 aromatic rings.